The molecule has 0 N–H and O–H groups in total. The Morgan fingerprint density at radius 3 is 2.38 bits per heavy atom. The third kappa shape index (κ3) is 3.64. The number of aromatic nitrogens is 6. The Kier molecular flexibility index (Phi) is 4.93. The van der Waals surface area contributed by atoms with Crippen LogP contribution in [-0.4, -0.2) is 29.1 Å². The van der Waals surface area contributed by atoms with Crippen molar-refractivity contribution in [3.63, 3.8) is 0 Å². The summed E-state index contributed by atoms with van der Waals surface area (Å²) < 4.78 is 4.10. The molecule has 0 aliphatic rings. The Bertz CT molecular complexity index is 1600. The molecule has 0 radical (unpaired) electrons. The first kappa shape index (κ1) is 20.3. The van der Waals surface area contributed by atoms with Crippen molar-refractivity contribution in [1.82, 2.24) is 29.1 Å². The molecule has 6 nitrogen and oxygen atoms in total. The minimum Gasteiger partial charge on any atom is -0.301 e. The zero-order chi connectivity index (χ0) is 23.1. The van der Waals surface area contributed by atoms with Gasteiger partial charge in [-0.05, 0) is 67.6 Å². The molecule has 0 atom stereocenters. The topological polar surface area (TPSA) is 61.4 Å². The predicted molar refractivity (Wildman–Crippen MR) is 134 cm³/mol. The largest absolute Gasteiger partial charge is 0.301 e. The van der Waals surface area contributed by atoms with Gasteiger partial charge < -0.3 is 4.57 Å². The van der Waals surface area contributed by atoms with E-state index >= 15 is 0 Å². The molecule has 0 bridgehead atoms. The number of rotatable bonds is 4. The van der Waals surface area contributed by atoms with E-state index < -0.39 is 0 Å². The van der Waals surface area contributed by atoms with Crippen molar-refractivity contribution >= 4 is 22.6 Å². The van der Waals surface area contributed by atoms with Crippen molar-refractivity contribution in [1.29, 1.82) is 0 Å². The van der Waals surface area contributed by atoms with Gasteiger partial charge in [-0.15, -0.1) is 0 Å². The van der Waals surface area contributed by atoms with E-state index in [1.165, 1.54) is 0 Å². The summed E-state index contributed by atoms with van der Waals surface area (Å²) in [6.07, 6.45) is 9.31. The van der Waals surface area contributed by atoms with Crippen LogP contribution in [0.15, 0.2) is 97.7 Å². The average Bonchev–Trinajstić information content (AvgIpc) is 3.50. The monoisotopic (exact) mass is 462 g/mol. The molecule has 34 heavy (non-hydrogen) atoms. The van der Waals surface area contributed by atoms with E-state index in [2.05, 4.69) is 43.8 Å². The molecular formula is C27H19ClN6. The lowest BCUT2D eigenvalue weighted by atomic mass is 10.2. The van der Waals surface area contributed by atoms with Gasteiger partial charge in [0.1, 0.15) is 17.2 Å². The zero-order valence-corrected chi connectivity index (χ0v) is 19.1. The third-order valence-corrected chi connectivity index (χ3v) is 5.91. The highest BCUT2D eigenvalue weighted by Gasteiger charge is 2.15. The summed E-state index contributed by atoms with van der Waals surface area (Å²) >= 11 is 6.09. The molecule has 0 unspecified atom stereocenters. The molecule has 5 heterocycles. The smallest absolute Gasteiger partial charge is 0.145 e. The van der Waals surface area contributed by atoms with Crippen LogP contribution in [0.4, 0.5) is 0 Å². The molecular weight excluding hydrogens is 444 g/mol. The molecule has 0 aliphatic carbocycles. The van der Waals surface area contributed by atoms with E-state index in [9.17, 15) is 0 Å². The van der Waals surface area contributed by atoms with E-state index in [4.69, 9.17) is 16.6 Å². The molecule has 6 rings (SSSR count). The fourth-order valence-corrected chi connectivity index (χ4v) is 4.16. The van der Waals surface area contributed by atoms with Crippen molar-refractivity contribution < 1.29 is 0 Å². The second-order valence-electron chi connectivity index (χ2n) is 7.99. The predicted octanol–water partition coefficient (Wildman–Crippen LogP) is 6.30. The van der Waals surface area contributed by atoms with Crippen molar-refractivity contribution in [2.45, 2.75) is 6.92 Å². The standard InChI is InChI=1S/C27H19ClN6/c1-18-5-8-23(16-30-18)34-17-25(24-4-2-3-12-29-24)32-27(34)19-6-9-22(10-7-19)33-13-11-20-14-21(28)15-31-26(20)33/h2-17H,1H3. The van der Waals surface area contributed by atoms with Gasteiger partial charge in [-0.3, -0.25) is 14.5 Å². The Labute approximate surface area is 201 Å². The van der Waals surface area contributed by atoms with Crippen molar-refractivity contribution in [2.75, 3.05) is 0 Å². The molecule has 6 aromatic rings. The van der Waals surface area contributed by atoms with Gasteiger partial charge in [0.2, 0.25) is 0 Å². The molecule has 0 amide bonds. The molecule has 0 spiro atoms. The number of hydrogen-bond acceptors (Lipinski definition) is 4. The van der Waals surface area contributed by atoms with Crippen LogP contribution in [0.1, 0.15) is 5.69 Å². The summed E-state index contributed by atoms with van der Waals surface area (Å²) in [5.41, 5.74) is 6.39. The Balaban J connectivity index is 1.44. The highest BCUT2D eigenvalue weighted by Crippen LogP contribution is 2.28. The van der Waals surface area contributed by atoms with Crippen LogP contribution in [-0.2, 0) is 0 Å². The van der Waals surface area contributed by atoms with Gasteiger partial charge in [-0.2, -0.15) is 0 Å². The number of imidazole rings is 1. The average molecular weight is 463 g/mol. The highest BCUT2D eigenvalue weighted by atomic mass is 35.5. The van der Waals surface area contributed by atoms with Gasteiger partial charge in [-0.25, -0.2) is 9.97 Å². The molecule has 1 aromatic carbocycles. The maximum absolute atomic E-state index is 6.09. The zero-order valence-electron chi connectivity index (χ0n) is 18.3. The lowest BCUT2D eigenvalue weighted by molar-refractivity contribution is 1.03. The first-order valence-electron chi connectivity index (χ1n) is 10.8. The fraction of sp³-hybridized carbons (Fsp3) is 0.0370. The second kappa shape index (κ2) is 8.24. The van der Waals surface area contributed by atoms with Crippen LogP contribution >= 0.6 is 11.6 Å². The quantitative estimate of drug-likeness (QED) is 0.308. The lowest BCUT2D eigenvalue weighted by Crippen LogP contribution is -1.98. The second-order valence-corrected chi connectivity index (χ2v) is 8.43. The Hall–Kier alpha value is -4.29. The van der Waals surface area contributed by atoms with Crippen LogP contribution in [0, 0.1) is 6.92 Å². The number of fused-ring (bicyclic) bond motifs is 1. The van der Waals surface area contributed by atoms with Crippen LogP contribution in [0.2, 0.25) is 5.02 Å². The molecule has 0 fully saturated rings. The molecule has 0 aliphatic heterocycles. The molecule has 0 saturated carbocycles. The van der Waals surface area contributed by atoms with Crippen LogP contribution < -0.4 is 0 Å². The first-order valence-corrected chi connectivity index (χ1v) is 11.2. The van der Waals surface area contributed by atoms with Crippen molar-refractivity contribution in [3.8, 4) is 34.2 Å². The fourth-order valence-electron chi connectivity index (χ4n) is 4.00. The number of pyridine rings is 3. The van der Waals surface area contributed by atoms with Crippen LogP contribution in [0.25, 0.3) is 45.2 Å². The van der Waals surface area contributed by atoms with E-state index in [1.54, 1.807) is 12.4 Å². The Morgan fingerprint density at radius 2 is 1.62 bits per heavy atom. The van der Waals surface area contributed by atoms with Gasteiger partial charge in [0, 0.05) is 47.1 Å². The molecule has 5 aromatic heterocycles. The molecule has 0 saturated heterocycles. The van der Waals surface area contributed by atoms with E-state index in [1.807, 2.05) is 72.5 Å². The molecule has 7 heteroatoms. The maximum atomic E-state index is 6.09. The number of halogens is 1. The first-order chi connectivity index (χ1) is 16.7. The van der Waals surface area contributed by atoms with Crippen LogP contribution in [0.3, 0.4) is 0 Å². The van der Waals surface area contributed by atoms with E-state index in [0.717, 1.165) is 50.9 Å². The van der Waals surface area contributed by atoms with Gasteiger partial charge >= 0.3 is 0 Å². The van der Waals surface area contributed by atoms with Crippen molar-refractivity contribution in [2.24, 2.45) is 0 Å². The normalized spacial score (nSPS) is 11.2. The summed E-state index contributed by atoms with van der Waals surface area (Å²) in [6.45, 7) is 1.98. The number of benzene rings is 1. The minimum atomic E-state index is 0.627. The van der Waals surface area contributed by atoms with Gasteiger partial charge in [0.05, 0.1) is 22.6 Å². The number of nitrogens with zero attached hydrogens (tertiary/aromatic N) is 6. The minimum absolute atomic E-state index is 0.627. The summed E-state index contributed by atoms with van der Waals surface area (Å²) in [4.78, 5) is 18.4. The summed E-state index contributed by atoms with van der Waals surface area (Å²) in [7, 11) is 0. The van der Waals surface area contributed by atoms with Gasteiger partial charge in [0.25, 0.3) is 0 Å². The highest BCUT2D eigenvalue weighted by molar-refractivity contribution is 6.31. The Morgan fingerprint density at radius 1 is 0.765 bits per heavy atom. The van der Waals surface area contributed by atoms with Crippen molar-refractivity contribution in [3.05, 3.63) is 108 Å². The summed E-state index contributed by atoms with van der Waals surface area (Å²) in [6, 6.07) is 22.1. The third-order valence-electron chi connectivity index (χ3n) is 5.70. The maximum Gasteiger partial charge on any atom is 0.145 e. The SMILES string of the molecule is Cc1ccc(-n2cc(-c3ccccn3)nc2-c2ccc(-n3ccc4cc(Cl)cnc43)cc2)cn1. The van der Waals surface area contributed by atoms with Gasteiger partial charge in [0.15, 0.2) is 0 Å². The van der Waals surface area contributed by atoms with E-state index in [-0.39, 0.29) is 0 Å². The van der Waals surface area contributed by atoms with E-state index in [0.29, 0.717) is 5.02 Å². The number of hydrogen-bond donors (Lipinski definition) is 0. The number of aryl methyl sites for hydroxylation is 1. The molecule has 164 valence electrons. The van der Waals surface area contributed by atoms with Crippen LogP contribution in [0.5, 0.6) is 0 Å². The summed E-state index contributed by atoms with van der Waals surface area (Å²) in [5, 5.41) is 1.63. The lowest BCUT2D eigenvalue weighted by Gasteiger charge is -2.09. The van der Waals surface area contributed by atoms with Gasteiger partial charge in [-0.1, -0.05) is 17.7 Å². The summed E-state index contributed by atoms with van der Waals surface area (Å²) in [5.74, 6) is 0.820.